The fraction of sp³-hybridized carbons (Fsp3) is 0.364. The van der Waals surface area contributed by atoms with Gasteiger partial charge in [-0.15, -0.1) is 0 Å². The van der Waals surface area contributed by atoms with E-state index in [1.807, 2.05) is 0 Å². The second-order valence-corrected chi connectivity index (χ2v) is 3.77. The molecule has 0 fully saturated rings. The zero-order valence-electron chi connectivity index (χ0n) is 8.73. The maximum atomic E-state index is 13.2. The van der Waals surface area contributed by atoms with E-state index in [1.54, 1.807) is 18.2 Å². The molecule has 0 aromatic heterocycles. The Morgan fingerprint density at radius 3 is 2.81 bits per heavy atom. The Balaban J connectivity index is 2.46. The van der Waals surface area contributed by atoms with Crippen molar-refractivity contribution in [3.05, 3.63) is 35.6 Å². The van der Waals surface area contributed by atoms with Crippen molar-refractivity contribution >= 4 is 18.6 Å². The van der Waals surface area contributed by atoms with Crippen LogP contribution in [0.5, 0.6) is 0 Å². The van der Waals surface area contributed by atoms with Crippen LogP contribution >= 0.6 is 12.6 Å². The van der Waals surface area contributed by atoms with Gasteiger partial charge in [0.2, 0.25) is 0 Å². The minimum atomic E-state index is -0.690. The van der Waals surface area contributed by atoms with Gasteiger partial charge in [0.1, 0.15) is 18.5 Å². The van der Waals surface area contributed by atoms with Crippen LogP contribution in [0.1, 0.15) is 12.0 Å². The summed E-state index contributed by atoms with van der Waals surface area (Å²) >= 11 is 3.96. The molecule has 1 atom stereocenters. The summed E-state index contributed by atoms with van der Waals surface area (Å²) in [5.41, 5.74) is 5.85. The largest absolute Gasteiger partial charge is 0.460 e. The molecule has 0 saturated carbocycles. The van der Waals surface area contributed by atoms with Gasteiger partial charge < -0.3 is 10.5 Å². The molecule has 0 heterocycles. The van der Waals surface area contributed by atoms with Gasteiger partial charge in [-0.2, -0.15) is 12.6 Å². The van der Waals surface area contributed by atoms with Gasteiger partial charge in [0, 0.05) is 5.56 Å². The predicted molar refractivity (Wildman–Crippen MR) is 62.6 cm³/mol. The lowest BCUT2D eigenvalue weighted by molar-refractivity contribution is -0.146. The molecule has 0 aliphatic carbocycles. The summed E-state index contributed by atoms with van der Waals surface area (Å²) in [6.07, 6.45) is 0.444. The third kappa shape index (κ3) is 3.83. The highest BCUT2D eigenvalue weighted by Crippen LogP contribution is 2.08. The van der Waals surface area contributed by atoms with Crippen LogP contribution in [-0.4, -0.2) is 17.8 Å². The zero-order chi connectivity index (χ0) is 12.0. The molecular formula is C11H14FNO2S. The molecule has 2 N–H and O–H groups in total. The molecule has 0 radical (unpaired) electrons. The zero-order valence-corrected chi connectivity index (χ0v) is 9.62. The lowest BCUT2D eigenvalue weighted by Gasteiger charge is -2.10. The lowest BCUT2D eigenvalue weighted by Crippen LogP contribution is -2.32. The van der Waals surface area contributed by atoms with Crippen molar-refractivity contribution in [3.8, 4) is 0 Å². The fourth-order valence-corrected chi connectivity index (χ4v) is 1.41. The molecule has 0 bridgehead atoms. The minimum Gasteiger partial charge on any atom is -0.460 e. The van der Waals surface area contributed by atoms with Crippen molar-refractivity contribution < 1.29 is 13.9 Å². The second kappa shape index (κ2) is 6.50. The number of halogens is 1. The average Bonchev–Trinajstić information content (AvgIpc) is 2.28. The fourth-order valence-electron chi connectivity index (χ4n) is 1.13. The molecular weight excluding hydrogens is 229 g/mol. The quantitative estimate of drug-likeness (QED) is 0.609. The summed E-state index contributed by atoms with van der Waals surface area (Å²) < 4.78 is 18.0. The van der Waals surface area contributed by atoms with Crippen LogP contribution in [0.4, 0.5) is 4.39 Å². The molecule has 16 heavy (non-hydrogen) atoms. The normalized spacial score (nSPS) is 12.2. The highest BCUT2D eigenvalue weighted by molar-refractivity contribution is 7.80. The summed E-state index contributed by atoms with van der Waals surface area (Å²) in [4.78, 5) is 11.3. The number of benzene rings is 1. The first-order chi connectivity index (χ1) is 7.65. The van der Waals surface area contributed by atoms with Gasteiger partial charge in [-0.05, 0) is 18.2 Å². The van der Waals surface area contributed by atoms with E-state index in [9.17, 15) is 9.18 Å². The number of thiol groups is 1. The highest BCUT2D eigenvalue weighted by Gasteiger charge is 2.14. The summed E-state index contributed by atoms with van der Waals surface area (Å²) in [5.74, 6) is -0.411. The molecule has 0 aliphatic rings. The topological polar surface area (TPSA) is 52.3 Å². The van der Waals surface area contributed by atoms with Gasteiger partial charge >= 0.3 is 5.97 Å². The summed E-state index contributed by atoms with van der Waals surface area (Å²) in [6.45, 7) is -0.0915. The number of carbonyl (C=O) groups excluding carboxylic acids is 1. The van der Waals surface area contributed by atoms with Crippen LogP contribution in [0.25, 0.3) is 0 Å². The SMILES string of the molecule is NC(CCS)C(=O)OCc1ccccc1F. The van der Waals surface area contributed by atoms with Gasteiger partial charge in [-0.1, -0.05) is 18.2 Å². The van der Waals surface area contributed by atoms with E-state index in [0.29, 0.717) is 17.7 Å². The number of ether oxygens (including phenoxy) is 1. The molecule has 0 amide bonds. The Morgan fingerprint density at radius 2 is 2.19 bits per heavy atom. The van der Waals surface area contributed by atoms with Crippen LogP contribution in [0.15, 0.2) is 24.3 Å². The van der Waals surface area contributed by atoms with E-state index in [2.05, 4.69) is 12.6 Å². The maximum absolute atomic E-state index is 13.2. The number of hydrogen-bond donors (Lipinski definition) is 2. The molecule has 1 rings (SSSR count). The van der Waals surface area contributed by atoms with Crippen LogP contribution in [-0.2, 0) is 16.1 Å². The molecule has 1 aromatic rings. The smallest absolute Gasteiger partial charge is 0.323 e. The van der Waals surface area contributed by atoms with E-state index < -0.39 is 17.8 Å². The Labute approximate surface area is 99.2 Å². The first-order valence-corrected chi connectivity index (χ1v) is 5.55. The number of nitrogens with two attached hydrogens (primary N) is 1. The molecule has 88 valence electrons. The van der Waals surface area contributed by atoms with Gasteiger partial charge in [0.25, 0.3) is 0 Å². The third-order valence-corrected chi connectivity index (χ3v) is 2.33. The Hall–Kier alpha value is -1.07. The van der Waals surface area contributed by atoms with Crippen LogP contribution in [0.2, 0.25) is 0 Å². The van der Waals surface area contributed by atoms with Crippen molar-refractivity contribution in [1.82, 2.24) is 0 Å². The first kappa shape index (κ1) is 13.0. The van der Waals surface area contributed by atoms with Gasteiger partial charge in [-0.3, -0.25) is 4.79 Å². The lowest BCUT2D eigenvalue weighted by atomic mass is 10.2. The molecule has 1 unspecified atom stereocenters. The van der Waals surface area contributed by atoms with Crippen molar-refractivity contribution in [2.24, 2.45) is 5.73 Å². The van der Waals surface area contributed by atoms with Gasteiger partial charge in [0.15, 0.2) is 0 Å². The molecule has 0 aliphatic heterocycles. The Morgan fingerprint density at radius 1 is 1.50 bits per heavy atom. The summed E-state index contributed by atoms with van der Waals surface area (Å²) in [6, 6.07) is 5.45. The highest BCUT2D eigenvalue weighted by atomic mass is 32.1. The molecule has 3 nitrogen and oxygen atoms in total. The summed E-state index contributed by atoms with van der Waals surface area (Å²) in [5, 5.41) is 0. The van der Waals surface area contributed by atoms with Gasteiger partial charge in [0.05, 0.1) is 0 Å². The van der Waals surface area contributed by atoms with E-state index in [0.717, 1.165) is 0 Å². The van der Waals surface area contributed by atoms with Crippen LogP contribution in [0, 0.1) is 5.82 Å². The van der Waals surface area contributed by atoms with E-state index in [4.69, 9.17) is 10.5 Å². The van der Waals surface area contributed by atoms with Crippen molar-refractivity contribution in [2.75, 3.05) is 5.75 Å². The van der Waals surface area contributed by atoms with E-state index in [1.165, 1.54) is 6.07 Å². The number of esters is 1. The van der Waals surface area contributed by atoms with Crippen molar-refractivity contribution in [3.63, 3.8) is 0 Å². The molecule has 0 spiro atoms. The maximum Gasteiger partial charge on any atom is 0.323 e. The van der Waals surface area contributed by atoms with Gasteiger partial charge in [-0.25, -0.2) is 4.39 Å². The standard InChI is InChI=1S/C11H14FNO2S/c12-9-4-2-1-3-8(9)7-15-11(14)10(13)5-6-16/h1-4,10,16H,5-7,13H2. The molecule has 1 aromatic carbocycles. The van der Waals surface area contributed by atoms with E-state index >= 15 is 0 Å². The predicted octanol–water partition coefficient (Wildman–Crippen LogP) is 1.52. The average molecular weight is 243 g/mol. The number of hydrogen-bond acceptors (Lipinski definition) is 4. The monoisotopic (exact) mass is 243 g/mol. The van der Waals surface area contributed by atoms with Crippen molar-refractivity contribution in [2.45, 2.75) is 19.1 Å². The number of rotatable bonds is 5. The first-order valence-electron chi connectivity index (χ1n) is 4.91. The molecule has 0 saturated heterocycles. The van der Waals surface area contributed by atoms with Crippen molar-refractivity contribution in [1.29, 1.82) is 0 Å². The molecule has 5 heteroatoms. The Bertz CT molecular complexity index is 360. The third-order valence-electron chi connectivity index (χ3n) is 2.07. The summed E-state index contributed by atoms with van der Waals surface area (Å²) in [7, 11) is 0. The minimum absolute atomic E-state index is 0.0915. The Kier molecular flexibility index (Phi) is 5.28. The van der Waals surface area contributed by atoms with E-state index in [-0.39, 0.29) is 6.61 Å². The second-order valence-electron chi connectivity index (χ2n) is 3.32. The van der Waals surface area contributed by atoms with Crippen LogP contribution in [0.3, 0.4) is 0 Å². The van der Waals surface area contributed by atoms with Crippen LogP contribution < -0.4 is 5.73 Å². The number of carbonyl (C=O) groups is 1.